The van der Waals surface area contributed by atoms with Gasteiger partial charge in [0.15, 0.2) is 5.96 Å². The largest absolute Gasteiger partial charge is 0.496 e. The van der Waals surface area contributed by atoms with Crippen LogP contribution in [0.4, 0.5) is 0 Å². The Bertz CT molecular complexity index is 850. The zero-order valence-corrected chi connectivity index (χ0v) is 22.0. The summed E-state index contributed by atoms with van der Waals surface area (Å²) < 4.78 is 16.9. The minimum Gasteiger partial charge on any atom is -0.496 e. The molecule has 0 spiro atoms. The molecule has 0 amide bonds. The average molecular weight is 556 g/mol. The first-order chi connectivity index (χ1) is 15.1. The van der Waals surface area contributed by atoms with Crippen LogP contribution in [0.5, 0.6) is 5.75 Å². The number of aryl methyl sites for hydroxylation is 2. The number of guanidine groups is 1. The standard InChI is InChI=1S/C24H36N4O3.HI/c1-5-25-24(26-11-10-20-8-6-18(2)23(16-20)29-4)27-17-21(22-9-7-19(3)31-22)28-12-14-30-15-13-28;/h6-9,16,21H,5,10-15,17H2,1-4H3,(H2,25,26,27);1H. The lowest BCUT2D eigenvalue weighted by molar-refractivity contribution is 0.0135. The van der Waals surface area contributed by atoms with E-state index in [1.807, 2.05) is 13.0 Å². The van der Waals surface area contributed by atoms with Crippen molar-refractivity contribution in [1.29, 1.82) is 0 Å². The molecule has 1 aliphatic heterocycles. The Morgan fingerprint density at radius 3 is 2.59 bits per heavy atom. The first kappa shape index (κ1) is 26.5. The third-order valence-electron chi connectivity index (χ3n) is 5.52. The van der Waals surface area contributed by atoms with Crippen LogP contribution in [0.3, 0.4) is 0 Å². The first-order valence-corrected chi connectivity index (χ1v) is 11.1. The number of nitrogens with one attached hydrogen (secondary N) is 2. The number of ether oxygens (including phenoxy) is 2. The molecule has 1 atom stereocenters. The zero-order valence-electron chi connectivity index (χ0n) is 19.6. The topological polar surface area (TPSA) is 71.3 Å². The Balaban J connectivity index is 0.00000363. The summed E-state index contributed by atoms with van der Waals surface area (Å²) in [7, 11) is 1.71. The highest BCUT2D eigenvalue weighted by molar-refractivity contribution is 14.0. The van der Waals surface area contributed by atoms with E-state index in [-0.39, 0.29) is 30.0 Å². The van der Waals surface area contributed by atoms with Crippen molar-refractivity contribution in [2.75, 3.05) is 53.0 Å². The van der Waals surface area contributed by atoms with Crippen LogP contribution in [0.25, 0.3) is 0 Å². The van der Waals surface area contributed by atoms with E-state index < -0.39 is 0 Å². The lowest BCUT2D eigenvalue weighted by Gasteiger charge is -2.32. The smallest absolute Gasteiger partial charge is 0.191 e. The van der Waals surface area contributed by atoms with E-state index >= 15 is 0 Å². The summed E-state index contributed by atoms with van der Waals surface area (Å²) in [6, 6.07) is 10.6. The molecule has 1 saturated heterocycles. The highest BCUT2D eigenvalue weighted by Gasteiger charge is 2.25. The van der Waals surface area contributed by atoms with Crippen molar-refractivity contribution in [2.24, 2.45) is 4.99 Å². The van der Waals surface area contributed by atoms with Gasteiger partial charge in [0.1, 0.15) is 17.3 Å². The summed E-state index contributed by atoms with van der Waals surface area (Å²) in [5, 5.41) is 6.82. The third-order valence-corrected chi connectivity index (χ3v) is 5.52. The number of hydrogen-bond donors (Lipinski definition) is 2. The van der Waals surface area contributed by atoms with Crippen LogP contribution in [0.1, 0.15) is 35.6 Å². The van der Waals surface area contributed by atoms with Crippen molar-refractivity contribution >= 4 is 29.9 Å². The fraction of sp³-hybridized carbons (Fsp3) is 0.542. The predicted molar refractivity (Wildman–Crippen MR) is 139 cm³/mol. The number of benzene rings is 1. The second kappa shape index (κ2) is 13.7. The van der Waals surface area contributed by atoms with Crippen molar-refractivity contribution in [2.45, 2.75) is 33.2 Å². The second-order valence-electron chi connectivity index (χ2n) is 7.81. The molecule has 3 rings (SSSR count). The molecular weight excluding hydrogens is 519 g/mol. The molecule has 1 aromatic carbocycles. The van der Waals surface area contributed by atoms with Gasteiger partial charge in [-0.25, -0.2) is 0 Å². The Kier molecular flexibility index (Phi) is 11.3. The molecule has 1 aliphatic rings. The third kappa shape index (κ3) is 7.67. The fourth-order valence-electron chi connectivity index (χ4n) is 3.77. The van der Waals surface area contributed by atoms with E-state index in [2.05, 4.69) is 53.6 Å². The Morgan fingerprint density at radius 2 is 1.94 bits per heavy atom. The summed E-state index contributed by atoms with van der Waals surface area (Å²) in [5.41, 5.74) is 2.39. The van der Waals surface area contributed by atoms with Gasteiger partial charge in [-0.05, 0) is 56.5 Å². The monoisotopic (exact) mass is 556 g/mol. The van der Waals surface area contributed by atoms with E-state index in [0.29, 0.717) is 6.54 Å². The van der Waals surface area contributed by atoms with E-state index in [0.717, 1.165) is 74.6 Å². The van der Waals surface area contributed by atoms with E-state index in [9.17, 15) is 0 Å². The van der Waals surface area contributed by atoms with Crippen LogP contribution in [0.15, 0.2) is 39.7 Å². The van der Waals surface area contributed by atoms with Gasteiger partial charge in [-0.3, -0.25) is 9.89 Å². The fourth-order valence-corrected chi connectivity index (χ4v) is 3.77. The van der Waals surface area contributed by atoms with Crippen LogP contribution in [0.2, 0.25) is 0 Å². The Labute approximate surface area is 209 Å². The maximum Gasteiger partial charge on any atom is 0.191 e. The molecule has 2 N–H and O–H groups in total. The highest BCUT2D eigenvalue weighted by Crippen LogP contribution is 2.24. The number of rotatable bonds is 9. The molecule has 2 aromatic rings. The van der Waals surface area contributed by atoms with Gasteiger partial charge in [0.05, 0.1) is 32.9 Å². The molecule has 1 aromatic heterocycles. The van der Waals surface area contributed by atoms with Gasteiger partial charge in [0, 0.05) is 26.2 Å². The van der Waals surface area contributed by atoms with Crippen molar-refractivity contribution in [3.63, 3.8) is 0 Å². The van der Waals surface area contributed by atoms with E-state index in [1.165, 1.54) is 5.56 Å². The minimum absolute atomic E-state index is 0. The lowest BCUT2D eigenvalue weighted by atomic mass is 10.1. The van der Waals surface area contributed by atoms with Gasteiger partial charge in [0.2, 0.25) is 0 Å². The van der Waals surface area contributed by atoms with Crippen LogP contribution in [0, 0.1) is 13.8 Å². The number of aliphatic imine (C=N–C) groups is 1. The number of methoxy groups -OCH3 is 1. The lowest BCUT2D eigenvalue weighted by Crippen LogP contribution is -2.42. The van der Waals surface area contributed by atoms with E-state index in [4.69, 9.17) is 18.9 Å². The molecule has 0 bridgehead atoms. The summed E-state index contributed by atoms with van der Waals surface area (Å²) in [4.78, 5) is 7.28. The quantitative estimate of drug-likeness (QED) is 0.279. The van der Waals surface area contributed by atoms with Gasteiger partial charge in [-0.15, -0.1) is 24.0 Å². The van der Waals surface area contributed by atoms with Crippen LogP contribution in [-0.2, 0) is 11.2 Å². The van der Waals surface area contributed by atoms with Crippen LogP contribution >= 0.6 is 24.0 Å². The number of halogens is 1. The molecular formula is C24H37IN4O3. The summed E-state index contributed by atoms with van der Waals surface area (Å²) in [6.07, 6.45) is 0.894. The van der Waals surface area contributed by atoms with Gasteiger partial charge in [-0.2, -0.15) is 0 Å². The molecule has 0 radical (unpaired) electrons. The maximum atomic E-state index is 5.96. The van der Waals surface area contributed by atoms with Gasteiger partial charge < -0.3 is 24.5 Å². The molecule has 1 unspecified atom stereocenters. The van der Waals surface area contributed by atoms with Crippen LogP contribution < -0.4 is 15.4 Å². The van der Waals surface area contributed by atoms with Crippen molar-refractivity contribution < 1.29 is 13.9 Å². The number of hydrogen-bond acceptors (Lipinski definition) is 5. The Hall–Kier alpha value is -1.78. The normalized spacial score (nSPS) is 15.7. The minimum atomic E-state index is 0. The number of morpholine rings is 1. The average Bonchev–Trinajstić information content (AvgIpc) is 3.21. The molecule has 0 saturated carbocycles. The maximum absolute atomic E-state index is 5.96. The molecule has 178 valence electrons. The first-order valence-electron chi connectivity index (χ1n) is 11.1. The van der Waals surface area contributed by atoms with E-state index in [1.54, 1.807) is 7.11 Å². The zero-order chi connectivity index (χ0) is 22.1. The van der Waals surface area contributed by atoms with Gasteiger partial charge >= 0.3 is 0 Å². The van der Waals surface area contributed by atoms with Crippen LogP contribution in [-0.4, -0.2) is 63.9 Å². The van der Waals surface area contributed by atoms with Gasteiger partial charge in [-0.1, -0.05) is 12.1 Å². The molecule has 1 fully saturated rings. The molecule has 32 heavy (non-hydrogen) atoms. The summed E-state index contributed by atoms with van der Waals surface area (Å²) in [5.74, 6) is 3.64. The molecule has 0 aliphatic carbocycles. The van der Waals surface area contributed by atoms with Crippen molar-refractivity contribution in [1.82, 2.24) is 15.5 Å². The predicted octanol–water partition coefficient (Wildman–Crippen LogP) is 3.69. The number of furan rings is 1. The van der Waals surface area contributed by atoms with Gasteiger partial charge in [0.25, 0.3) is 0 Å². The Morgan fingerprint density at radius 1 is 1.16 bits per heavy atom. The summed E-state index contributed by atoms with van der Waals surface area (Å²) >= 11 is 0. The molecule has 2 heterocycles. The van der Waals surface area contributed by atoms with Crippen molar-refractivity contribution in [3.05, 3.63) is 53.0 Å². The summed E-state index contributed by atoms with van der Waals surface area (Å²) in [6.45, 7) is 11.6. The number of nitrogens with zero attached hydrogens (tertiary/aromatic N) is 2. The highest BCUT2D eigenvalue weighted by atomic mass is 127. The van der Waals surface area contributed by atoms with Crippen molar-refractivity contribution in [3.8, 4) is 5.75 Å². The molecule has 7 nitrogen and oxygen atoms in total. The second-order valence-corrected chi connectivity index (χ2v) is 7.81. The SMILES string of the molecule is CCNC(=NCC(c1ccc(C)o1)N1CCOCC1)NCCc1ccc(C)c(OC)c1.I. The molecule has 8 heteroatoms.